The number of hydrogen-bond acceptors (Lipinski definition) is 3. The van der Waals surface area contributed by atoms with Crippen LogP contribution in [0.1, 0.15) is 36.5 Å². The third-order valence-electron chi connectivity index (χ3n) is 2.12. The maximum atomic E-state index is 12.7. The SMILES string of the molecule is CC(C)CCn1nnc(C(=O)O)c1C(F)(F)F. The van der Waals surface area contributed by atoms with Gasteiger partial charge in [-0.1, -0.05) is 19.1 Å². The molecule has 1 heterocycles. The zero-order chi connectivity index (χ0) is 13.2. The molecule has 0 aromatic carbocycles. The van der Waals surface area contributed by atoms with E-state index in [1.54, 1.807) is 0 Å². The van der Waals surface area contributed by atoms with Crippen molar-refractivity contribution in [1.82, 2.24) is 15.0 Å². The molecule has 0 fully saturated rings. The highest BCUT2D eigenvalue weighted by atomic mass is 19.4. The largest absolute Gasteiger partial charge is 0.476 e. The highest BCUT2D eigenvalue weighted by Gasteiger charge is 2.41. The minimum absolute atomic E-state index is 0.00715. The van der Waals surface area contributed by atoms with Crippen molar-refractivity contribution in [2.45, 2.75) is 33.0 Å². The third-order valence-corrected chi connectivity index (χ3v) is 2.12. The fourth-order valence-corrected chi connectivity index (χ4v) is 1.27. The van der Waals surface area contributed by atoms with Crippen LogP contribution in [-0.2, 0) is 12.7 Å². The summed E-state index contributed by atoms with van der Waals surface area (Å²) in [6.45, 7) is 3.69. The Bertz CT molecular complexity index is 412. The van der Waals surface area contributed by atoms with Crippen LogP contribution in [0.5, 0.6) is 0 Å². The first kappa shape index (κ1) is 13.5. The normalized spacial score (nSPS) is 12.1. The summed E-state index contributed by atoms with van der Waals surface area (Å²) in [5.41, 5.74) is -2.35. The van der Waals surface area contributed by atoms with Crippen molar-refractivity contribution in [3.05, 3.63) is 11.4 Å². The van der Waals surface area contributed by atoms with E-state index in [-0.39, 0.29) is 12.5 Å². The van der Waals surface area contributed by atoms with Gasteiger partial charge in [-0.2, -0.15) is 13.2 Å². The van der Waals surface area contributed by atoms with Gasteiger partial charge in [0, 0.05) is 6.54 Å². The Labute approximate surface area is 95.2 Å². The van der Waals surface area contributed by atoms with Crippen molar-refractivity contribution in [3.8, 4) is 0 Å². The summed E-state index contributed by atoms with van der Waals surface area (Å²) in [6.07, 6.45) is -4.31. The van der Waals surface area contributed by atoms with Crippen LogP contribution in [0.2, 0.25) is 0 Å². The first-order valence-electron chi connectivity index (χ1n) is 4.97. The van der Waals surface area contributed by atoms with Crippen LogP contribution in [0.15, 0.2) is 0 Å². The predicted molar refractivity (Wildman–Crippen MR) is 51.4 cm³/mol. The lowest BCUT2D eigenvalue weighted by Gasteiger charge is -2.10. The molecule has 8 heteroatoms. The molecule has 1 aromatic heterocycles. The van der Waals surface area contributed by atoms with Gasteiger partial charge in [0.15, 0.2) is 5.69 Å². The van der Waals surface area contributed by atoms with Crippen molar-refractivity contribution in [1.29, 1.82) is 0 Å². The molecule has 0 aliphatic carbocycles. The highest BCUT2D eigenvalue weighted by molar-refractivity contribution is 5.86. The summed E-state index contributed by atoms with van der Waals surface area (Å²) < 4.78 is 38.6. The second-order valence-electron chi connectivity index (χ2n) is 4.00. The third kappa shape index (κ3) is 3.18. The molecule has 5 nitrogen and oxygen atoms in total. The number of aromatic carboxylic acids is 1. The molecule has 0 unspecified atom stereocenters. The molecule has 0 aliphatic rings. The van der Waals surface area contributed by atoms with E-state index in [4.69, 9.17) is 5.11 Å². The quantitative estimate of drug-likeness (QED) is 0.889. The van der Waals surface area contributed by atoms with Gasteiger partial charge in [-0.05, 0) is 12.3 Å². The molecule has 0 amide bonds. The fraction of sp³-hybridized carbons (Fsp3) is 0.667. The van der Waals surface area contributed by atoms with E-state index in [9.17, 15) is 18.0 Å². The number of nitrogens with zero attached hydrogens (tertiary/aromatic N) is 3. The van der Waals surface area contributed by atoms with E-state index in [1.165, 1.54) is 0 Å². The number of alkyl halides is 3. The maximum Gasteiger partial charge on any atom is 0.435 e. The zero-order valence-corrected chi connectivity index (χ0v) is 9.32. The van der Waals surface area contributed by atoms with Crippen LogP contribution in [0.25, 0.3) is 0 Å². The number of carbonyl (C=O) groups is 1. The number of carboxylic acids is 1. The lowest BCUT2D eigenvalue weighted by molar-refractivity contribution is -0.144. The van der Waals surface area contributed by atoms with E-state index in [0.29, 0.717) is 11.1 Å². The molecule has 0 spiro atoms. The summed E-state index contributed by atoms with van der Waals surface area (Å²) in [6, 6.07) is 0. The van der Waals surface area contributed by atoms with Crippen LogP contribution in [0, 0.1) is 5.92 Å². The Balaban J connectivity index is 3.10. The van der Waals surface area contributed by atoms with Crippen LogP contribution >= 0.6 is 0 Å². The molecular formula is C9H12F3N3O2. The Morgan fingerprint density at radius 1 is 1.47 bits per heavy atom. The summed E-state index contributed by atoms with van der Waals surface area (Å²) >= 11 is 0. The maximum absolute atomic E-state index is 12.7. The Morgan fingerprint density at radius 2 is 2.06 bits per heavy atom. The minimum atomic E-state index is -4.77. The molecule has 0 aliphatic heterocycles. The molecule has 17 heavy (non-hydrogen) atoms. The van der Waals surface area contributed by atoms with E-state index in [0.717, 1.165) is 0 Å². The van der Waals surface area contributed by atoms with Gasteiger partial charge in [-0.3, -0.25) is 0 Å². The summed E-state index contributed by atoms with van der Waals surface area (Å²) in [4.78, 5) is 10.6. The monoisotopic (exact) mass is 251 g/mol. The van der Waals surface area contributed by atoms with Gasteiger partial charge in [-0.15, -0.1) is 5.10 Å². The van der Waals surface area contributed by atoms with Crippen LogP contribution < -0.4 is 0 Å². The molecule has 1 N–H and O–H groups in total. The highest BCUT2D eigenvalue weighted by Crippen LogP contribution is 2.31. The Hall–Kier alpha value is -1.60. The van der Waals surface area contributed by atoms with Crippen molar-refractivity contribution in [2.75, 3.05) is 0 Å². The zero-order valence-electron chi connectivity index (χ0n) is 9.32. The average Bonchev–Trinajstić information content (AvgIpc) is 2.57. The molecular weight excluding hydrogens is 239 g/mol. The van der Waals surface area contributed by atoms with Crippen LogP contribution in [-0.4, -0.2) is 26.1 Å². The molecule has 0 saturated carbocycles. The van der Waals surface area contributed by atoms with Gasteiger partial charge < -0.3 is 5.11 Å². The van der Waals surface area contributed by atoms with Gasteiger partial charge in [-0.25, -0.2) is 9.48 Å². The molecule has 0 saturated heterocycles. The first-order valence-corrected chi connectivity index (χ1v) is 4.97. The van der Waals surface area contributed by atoms with Crippen LogP contribution in [0.4, 0.5) is 13.2 Å². The fourth-order valence-electron chi connectivity index (χ4n) is 1.27. The number of halogens is 3. The number of rotatable bonds is 4. The lowest BCUT2D eigenvalue weighted by atomic mass is 10.1. The van der Waals surface area contributed by atoms with E-state index < -0.39 is 23.5 Å². The molecule has 1 rings (SSSR count). The van der Waals surface area contributed by atoms with Gasteiger partial charge in [0.1, 0.15) is 0 Å². The van der Waals surface area contributed by atoms with Crippen molar-refractivity contribution >= 4 is 5.97 Å². The molecule has 0 atom stereocenters. The number of aromatic nitrogens is 3. The molecule has 96 valence electrons. The van der Waals surface area contributed by atoms with Crippen molar-refractivity contribution < 1.29 is 23.1 Å². The summed E-state index contributed by atoms with van der Waals surface area (Å²) in [7, 11) is 0. The smallest absolute Gasteiger partial charge is 0.435 e. The average molecular weight is 251 g/mol. The number of hydrogen-bond donors (Lipinski definition) is 1. The lowest BCUT2D eigenvalue weighted by Crippen LogP contribution is -2.19. The number of carboxylic acid groups (broad SMARTS) is 1. The topological polar surface area (TPSA) is 68.0 Å². The van der Waals surface area contributed by atoms with Gasteiger partial charge >= 0.3 is 12.1 Å². The standard InChI is InChI=1S/C9H12F3N3O2/c1-5(2)3-4-15-7(9(10,11)12)6(8(16)17)13-14-15/h5H,3-4H2,1-2H3,(H,16,17). The van der Waals surface area contributed by atoms with Crippen molar-refractivity contribution in [2.24, 2.45) is 5.92 Å². The minimum Gasteiger partial charge on any atom is -0.476 e. The molecule has 0 radical (unpaired) electrons. The summed E-state index contributed by atoms with van der Waals surface area (Å²) in [5, 5.41) is 14.9. The van der Waals surface area contributed by atoms with E-state index in [1.807, 2.05) is 13.8 Å². The van der Waals surface area contributed by atoms with Gasteiger partial charge in [0.25, 0.3) is 0 Å². The second kappa shape index (κ2) is 4.72. The second-order valence-corrected chi connectivity index (χ2v) is 4.00. The Morgan fingerprint density at radius 3 is 2.47 bits per heavy atom. The van der Waals surface area contributed by atoms with Crippen LogP contribution in [0.3, 0.4) is 0 Å². The predicted octanol–water partition coefficient (Wildman–Crippen LogP) is 2.04. The summed E-state index contributed by atoms with van der Waals surface area (Å²) in [5.74, 6) is -1.54. The Kier molecular flexibility index (Phi) is 3.74. The van der Waals surface area contributed by atoms with Gasteiger partial charge in [0.05, 0.1) is 0 Å². The number of aryl methyl sites for hydroxylation is 1. The van der Waals surface area contributed by atoms with E-state index >= 15 is 0 Å². The molecule has 1 aromatic rings. The van der Waals surface area contributed by atoms with Crippen molar-refractivity contribution in [3.63, 3.8) is 0 Å². The first-order chi connectivity index (χ1) is 7.73. The van der Waals surface area contributed by atoms with Gasteiger partial charge in [0.2, 0.25) is 5.69 Å². The van der Waals surface area contributed by atoms with E-state index in [2.05, 4.69) is 10.3 Å². The molecule has 0 bridgehead atoms.